The highest BCUT2D eigenvalue weighted by Gasteiger charge is 2.27. The number of hydrogen-bond donors (Lipinski definition) is 0. The molecule has 0 fully saturated rings. The molecule has 3 rings (SSSR count). The number of Topliss-reactive ketones (excluding diaryl/α,β-unsaturated/α-hetero) is 1. The van der Waals surface area contributed by atoms with E-state index in [4.69, 9.17) is 4.74 Å². The summed E-state index contributed by atoms with van der Waals surface area (Å²) >= 11 is 0. The molecule has 1 aliphatic heterocycles. The van der Waals surface area contributed by atoms with E-state index in [1.54, 1.807) is 17.0 Å². The number of ether oxygens (including phenoxy) is 1. The number of hydrogen-bond acceptors (Lipinski definition) is 3. The molecule has 2 aromatic carbocycles. The van der Waals surface area contributed by atoms with E-state index < -0.39 is 40.9 Å². The standard InChI is InChI=1S/C19H15F4NO3/c1-9(27-19-16(22)13(20)8-14(21)17(19)23)18(26)12-3-4-15-11(7-12)5-6-24(15)10(2)25/h3-4,7-9H,5-6H2,1-2H3. The van der Waals surface area contributed by atoms with Gasteiger partial charge in [0.2, 0.25) is 23.3 Å². The summed E-state index contributed by atoms with van der Waals surface area (Å²) in [5, 5.41) is 0. The Morgan fingerprint density at radius 1 is 1.07 bits per heavy atom. The molecule has 2 aromatic rings. The van der Waals surface area contributed by atoms with Gasteiger partial charge in [-0.1, -0.05) is 0 Å². The molecule has 0 aliphatic carbocycles. The van der Waals surface area contributed by atoms with E-state index in [0.29, 0.717) is 18.7 Å². The fraction of sp³-hybridized carbons (Fsp3) is 0.263. The monoisotopic (exact) mass is 381 g/mol. The van der Waals surface area contributed by atoms with Crippen molar-refractivity contribution < 1.29 is 31.9 Å². The van der Waals surface area contributed by atoms with Gasteiger partial charge >= 0.3 is 0 Å². The fourth-order valence-corrected chi connectivity index (χ4v) is 3.00. The van der Waals surface area contributed by atoms with Gasteiger partial charge in [0, 0.05) is 30.8 Å². The third-order valence-electron chi connectivity index (χ3n) is 4.38. The van der Waals surface area contributed by atoms with E-state index >= 15 is 0 Å². The normalized spacial score (nSPS) is 14.1. The first-order valence-electron chi connectivity index (χ1n) is 8.15. The number of carbonyl (C=O) groups is 2. The zero-order valence-electron chi connectivity index (χ0n) is 14.5. The van der Waals surface area contributed by atoms with Gasteiger partial charge in [-0.15, -0.1) is 0 Å². The van der Waals surface area contributed by atoms with E-state index in [0.717, 1.165) is 5.56 Å². The summed E-state index contributed by atoms with van der Waals surface area (Å²) in [5.41, 5.74) is 1.67. The third-order valence-corrected chi connectivity index (χ3v) is 4.38. The van der Waals surface area contributed by atoms with Crippen LogP contribution in [0.4, 0.5) is 23.2 Å². The highest BCUT2D eigenvalue weighted by Crippen LogP contribution is 2.31. The highest BCUT2D eigenvalue weighted by atomic mass is 19.2. The molecule has 0 N–H and O–H groups in total. The maximum Gasteiger partial charge on any atom is 0.223 e. The lowest BCUT2D eigenvalue weighted by Crippen LogP contribution is -2.26. The van der Waals surface area contributed by atoms with Gasteiger partial charge in [-0.3, -0.25) is 9.59 Å². The molecule has 1 unspecified atom stereocenters. The Morgan fingerprint density at radius 3 is 2.30 bits per heavy atom. The SMILES string of the molecule is CC(=O)N1CCc2cc(C(=O)C(C)Oc3c(F)c(F)cc(F)c3F)ccc21. The summed E-state index contributed by atoms with van der Waals surface area (Å²) in [6.45, 7) is 3.15. The van der Waals surface area contributed by atoms with Crippen LogP contribution in [0.5, 0.6) is 5.75 Å². The Bertz CT molecular complexity index is 919. The van der Waals surface area contributed by atoms with Crippen LogP contribution in [0.15, 0.2) is 24.3 Å². The van der Waals surface area contributed by atoms with Gasteiger partial charge in [-0.05, 0) is 37.1 Å². The Balaban J connectivity index is 1.85. The largest absolute Gasteiger partial charge is 0.476 e. The van der Waals surface area contributed by atoms with Crippen molar-refractivity contribution in [2.24, 2.45) is 0 Å². The van der Waals surface area contributed by atoms with Gasteiger partial charge < -0.3 is 9.64 Å². The molecule has 0 saturated heterocycles. The summed E-state index contributed by atoms with van der Waals surface area (Å²) in [6.07, 6.45) is -0.831. The average molecular weight is 381 g/mol. The summed E-state index contributed by atoms with van der Waals surface area (Å²) in [4.78, 5) is 25.7. The number of nitrogens with zero attached hydrogens (tertiary/aromatic N) is 1. The third kappa shape index (κ3) is 3.39. The summed E-state index contributed by atoms with van der Waals surface area (Å²) in [6, 6.07) is 4.69. The van der Waals surface area contributed by atoms with Crippen LogP contribution in [-0.4, -0.2) is 24.3 Å². The van der Waals surface area contributed by atoms with Crippen molar-refractivity contribution in [1.29, 1.82) is 0 Å². The Hall–Kier alpha value is -2.90. The molecule has 0 spiro atoms. The lowest BCUT2D eigenvalue weighted by Gasteiger charge is -2.17. The van der Waals surface area contributed by atoms with Crippen LogP contribution in [0.25, 0.3) is 0 Å². The molecular formula is C19H15F4NO3. The topological polar surface area (TPSA) is 46.6 Å². The minimum Gasteiger partial charge on any atom is -0.476 e. The number of halogens is 4. The quantitative estimate of drug-likeness (QED) is 0.460. The molecule has 8 heteroatoms. The maximum atomic E-state index is 13.7. The lowest BCUT2D eigenvalue weighted by molar-refractivity contribution is -0.116. The molecule has 4 nitrogen and oxygen atoms in total. The molecule has 0 aromatic heterocycles. The van der Waals surface area contributed by atoms with E-state index in [1.807, 2.05) is 0 Å². The Kier molecular flexibility index (Phi) is 4.91. The molecule has 0 bridgehead atoms. The van der Waals surface area contributed by atoms with Gasteiger partial charge in [0.15, 0.2) is 23.5 Å². The van der Waals surface area contributed by atoms with Crippen molar-refractivity contribution in [2.45, 2.75) is 26.4 Å². The van der Waals surface area contributed by atoms with Gasteiger partial charge in [0.05, 0.1) is 0 Å². The molecule has 0 radical (unpaired) electrons. The average Bonchev–Trinajstić information content (AvgIpc) is 3.06. The number of ketones is 1. The smallest absolute Gasteiger partial charge is 0.223 e. The first-order chi connectivity index (χ1) is 12.7. The summed E-state index contributed by atoms with van der Waals surface area (Å²) in [5.74, 6) is -8.68. The predicted octanol–water partition coefficient (Wildman–Crippen LogP) is 3.80. The highest BCUT2D eigenvalue weighted by molar-refractivity contribution is 6.01. The molecule has 142 valence electrons. The second-order valence-corrected chi connectivity index (χ2v) is 6.19. The molecule has 1 aliphatic rings. The molecule has 27 heavy (non-hydrogen) atoms. The van der Waals surface area contributed by atoms with Crippen LogP contribution in [0.1, 0.15) is 29.8 Å². The lowest BCUT2D eigenvalue weighted by atomic mass is 10.0. The van der Waals surface area contributed by atoms with E-state index in [2.05, 4.69) is 0 Å². The number of amides is 1. The number of carbonyl (C=O) groups excluding carboxylic acids is 2. The zero-order chi connectivity index (χ0) is 19.9. The van der Waals surface area contributed by atoms with Crippen molar-refractivity contribution in [2.75, 3.05) is 11.4 Å². The Labute approximate surface area is 152 Å². The first-order valence-corrected chi connectivity index (χ1v) is 8.15. The van der Waals surface area contributed by atoms with Crippen molar-refractivity contribution in [3.8, 4) is 5.75 Å². The van der Waals surface area contributed by atoms with Crippen LogP contribution >= 0.6 is 0 Å². The van der Waals surface area contributed by atoms with E-state index in [1.165, 1.54) is 19.9 Å². The molecular weight excluding hydrogens is 366 g/mol. The predicted molar refractivity (Wildman–Crippen MR) is 88.9 cm³/mol. The summed E-state index contributed by atoms with van der Waals surface area (Å²) < 4.78 is 58.8. The minimum absolute atomic E-state index is 0.0608. The van der Waals surface area contributed by atoms with Gasteiger partial charge in [0.25, 0.3) is 0 Å². The van der Waals surface area contributed by atoms with Crippen LogP contribution in [0.3, 0.4) is 0 Å². The molecule has 1 amide bonds. The van der Waals surface area contributed by atoms with Crippen molar-refractivity contribution in [3.63, 3.8) is 0 Å². The molecule has 1 heterocycles. The second-order valence-electron chi connectivity index (χ2n) is 6.19. The number of rotatable bonds is 4. The van der Waals surface area contributed by atoms with Gasteiger partial charge in [-0.2, -0.15) is 8.78 Å². The molecule has 1 atom stereocenters. The number of fused-ring (bicyclic) bond motifs is 1. The van der Waals surface area contributed by atoms with Crippen LogP contribution in [0.2, 0.25) is 0 Å². The minimum atomic E-state index is -1.71. The van der Waals surface area contributed by atoms with Gasteiger partial charge in [-0.25, -0.2) is 8.78 Å². The zero-order valence-corrected chi connectivity index (χ0v) is 14.5. The van der Waals surface area contributed by atoms with Crippen molar-refractivity contribution in [3.05, 3.63) is 58.7 Å². The van der Waals surface area contributed by atoms with E-state index in [-0.39, 0.29) is 17.5 Å². The van der Waals surface area contributed by atoms with E-state index in [9.17, 15) is 27.2 Å². The van der Waals surface area contributed by atoms with Crippen molar-refractivity contribution in [1.82, 2.24) is 0 Å². The fourth-order valence-electron chi connectivity index (χ4n) is 3.00. The summed E-state index contributed by atoms with van der Waals surface area (Å²) in [7, 11) is 0. The van der Waals surface area contributed by atoms with Crippen LogP contribution in [-0.2, 0) is 11.2 Å². The van der Waals surface area contributed by atoms with Crippen LogP contribution in [0, 0.1) is 23.3 Å². The maximum absolute atomic E-state index is 13.7. The Morgan fingerprint density at radius 2 is 1.70 bits per heavy atom. The first kappa shape index (κ1) is 18.9. The van der Waals surface area contributed by atoms with Crippen molar-refractivity contribution >= 4 is 17.4 Å². The second kappa shape index (κ2) is 7.02. The molecule has 0 saturated carbocycles. The van der Waals surface area contributed by atoms with Crippen LogP contribution < -0.4 is 9.64 Å². The number of benzene rings is 2. The van der Waals surface area contributed by atoms with Gasteiger partial charge in [0.1, 0.15) is 0 Å². The number of anilines is 1.